The lowest BCUT2D eigenvalue weighted by molar-refractivity contribution is 0.0679. The minimum Gasteiger partial charge on any atom is -0.389 e. The van der Waals surface area contributed by atoms with Gasteiger partial charge in [-0.05, 0) is 31.0 Å². The van der Waals surface area contributed by atoms with Gasteiger partial charge in [-0.1, -0.05) is 33.6 Å². The Bertz CT molecular complexity index is 395. The van der Waals surface area contributed by atoms with Gasteiger partial charge < -0.3 is 5.11 Å². The van der Waals surface area contributed by atoms with E-state index in [1.165, 1.54) is 0 Å². The minimum absolute atomic E-state index is 0.540. The quantitative estimate of drug-likeness (QED) is 0.908. The average molecular weight is 305 g/mol. The van der Waals surface area contributed by atoms with Gasteiger partial charge in [-0.3, -0.25) is 4.90 Å². The highest BCUT2D eigenvalue weighted by Crippen LogP contribution is 2.26. The molecule has 0 aliphatic carbocycles. The van der Waals surface area contributed by atoms with E-state index in [4.69, 9.17) is 11.6 Å². The molecule has 0 amide bonds. The zero-order valence-corrected chi connectivity index (χ0v) is 11.6. The molecule has 0 aromatic heterocycles. The summed E-state index contributed by atoms with van der Waals surface area (Å²) >= 11 is 9.55. The maximum atomic E-state index is 9.87. The number of nitrogens with zero attached hydrogens (tertiary/aromatic N) is 1. The molecule has 0 bridgehead atoms. The smallest absolute Gasteiger partial charge is 0.0758 e. The summed E-state index contributed by atoms with van der Waals surface area (Å²) in [6.07, 6.45) is 0.834. The number of β-amino-alcohol motifs (C(OH)–C–C–N with tert-alkyl or cyclic N) is 1. The van der Waals surface area contributed by atoms with E-state index < -0.39 is 5.60 Å². The third-order valence-electron chi connectivity index (χ3n) is 2.94. The molecule has 88 valence electrons. The molecule has 2 rings (SSSR count). The Kier molecular flexibility index (Phi) is 3.59. The van der Waals surface area contributed by atoms with Crippen molar-refractivity contribution in [2.45, 2.75) is 25.5 Å². The van der Waals surface area contributed by atoms with Crippen LogP contribution in [0.15, 0.2) is 22.7 Å². The standard InChI is InChI=1S/C12H15BrClNO/c1-12(16)4-5-15(8-12)7-9-2-3-10(13)6-11(9)14/h2-3,6,16H,4-5,7-8H2,1H3. The van der Waals surface area contributed by atoms with Crippen molar-refractivity contribution in [3.8, 4) is 0 Å². The van der Waals surface area contributed by atoms with E-state index in [1.54, 1.807) is 0 Å². The first kappa shape index (κ1) is 12.4. The third-order valence-corrected chi connectivity index (χ3v) is 3.79. The second kappa shape index (κ2) is 4.65. The molecule has 16 heavy (non-hydrogen) atoms. The molecule has 0 spiro atoms. The SMILES string of the molecule is CC1(O)CCN(Cc2ccc(Br)cc2Cl)C1. The summed E-state index contributed by atoms with van der Waals surface area (Å²) in [5.74, 6) is 0. The summed E-state index contributed by atoms with van der Waals surface area (Å²) in [6.45, 7) is 4.34. The number of rotatable bonds is 2. The fraction of sp³-hybridized carbons (Fsp3) is 0.500. The Morgan fingerprint density at radius 2 is 2.31 bits per heavy atom. The Balaban J connectivity index is 2.05. The second-order valence-corrected chi connectivity index (χ2v) is 6.02. The van der Waals surface area contributed by atoms with Crippen molar-refractivity contribution in [2.24, 2.45) is 0 Å². The van der Waals surface area contributed by atoms with Gasteiger partial charge >= 0.3 is 0 Å². The van der Waals surface area contributed by atoms with Gasteiger partial charge in [0.15, 0.2) is 0 Å². The highest BCUT2D eigenvalue weighted by molar-refractivity contribution is 9.10. The van der Waals surface area contributed by atoms with Crippen molar-refractivity contribution < 1.29 is 5.11 Å². The van der Waals surface area contributed by atoms with Crippen LogP contribution in [0.4, 0.5) is 0 Å². The monoisotopic (exact) mass is 303 g/mol. The maximum Gasteiger partial charge on any atom is 0.0758 e. The van der Waals surface area contributed by atoms with Crippen LogP contribution in [0.25, 0.3) is 0 Å². The molecule has 2 nitrogen and oxygen atoms in total. The number of hydrogen-bond acceptors (Lipinski definition) is 2. The van der Waals surface area contributed by atoms with Gasteiger partial charge in [0.05, 0.1) is 5.60 Å². The summed E-state index contributed by atoms with van der Waals surface area (Å²) < 4.78 is 0.995. The molecule has 0 saturated carbocycles. The molecule has 1 atom stereocenters. The molecular formula is C12H15BrClNO. The predicted molar refractivity (Wildman–Crippen MR) is 69.7 cm³/mol. The van der Waals surface area contributed by atoms with Gasteiger partial charge in [0, 0.05) is 29.1 Å². The van der Waals surface area contributed by atoms with Crippen LogP contribution in [0.5, 0.6) is 0 Å². The number of aliphatic hydroxyl groups is 1. The van der Waals surface area contributed by atoms with Crippen LogP contribution in [0.3, 0.4) is 0 Å². The number of halogens is 2. The van der Waals surface area contributed by atoms with E-state index in [-0.39, 0.29) is 0 Å². The summed E-state index contributed by atoms with van der Waals surface area (Å²) in [6, 6.07) is 5.93. The van der Waals surface area contributed by atoms with E-state index in [9.17, 15) is 5.11 Å². The van der Waals surface area contributed by atoms with Gasteiger partial charge in [0.1, 0.15) is 0 Å². The lowest BCUT2D eigenvalue weighted by atomic mass is 10.1. The first-order valence-electron chi connectivity index (χ1n) is 5.35. The Morgan fingerprint density at radius 3 is 2.88 bits per heavy atom. The van der Waals surface area contributed by atoms with Crippen molar-refractivity contribution >= 4 is 27.5 Å². The molecule has 4 heteroatoms. The van der Waals surface area contributed by atoms with Crippen LogP contribution in [0.1, 0.15) is 18.9 Å². The predicted octanol–water partition coefficient (Wildman–Crippen LogP) is 3.06. The van der Waals surface area contributed by atoms with E-state index >= 15 is 0 Å². The number of likely N-dealkylation sites (tertiary alicyclic amines) is 1. The zero-order chi connectivity index (χ0) is 11.8. The topological polar surface area (TPSA) is 23.5 Å². The van der Waals surface area contributed by atoms with Crippen LogP contribution in [0, 0.1) is 0 Å². The van der Waals surface area contributed by atoms with Crippen molar-refractivity contribution in [3.05, 3.63) is 33.3 Å². The molecule has 1 aliphatic rings. The summed E-state index contributed by atoms with van der Waals surface area (Å²) in [4.78, 5) is 2.23. The minimum atomic E-state index is -0.540. The zero-order valence-electron chi connectivity index (χ0n) is 9.21. The van der Waals surface area contributed by atoms with Crippen molar-refractivity contribution in [3.63, 3.8) is 0 Å². The van der Waals surface area contributed by atoms with Gasteiger partial charge in [0.25, 0.3) is 0 Å². The molecule has 1 aromatic rings. The molecule has 1 aliphatic heterocycles. The molecule has 0 radical (unpaired) electrons. The van der Waals surface area contributed by atoms with E-state index in [1.807, 2.05) is 25.1 Å². The van der Waals surface area contributed by atoms with Crippen LogP contribution < -0.4 is 0 Å². The number of benzene rings is 1. The molecular weight excluding hydrogens is 289 g/mol. The Morgan fingerprint density at radius 1 is 1.56 bits per heavy atom. The molecule has 1 N–H and O–H groups in total. The summed E-state index contributed by atoms with van der Waals surface area (Å²) in [5, 5.41) is 10.7. The van der Waals surface area contributed by atoms with Gasteiger partial charge in [0.2, 0.25) is 0 Å². The van der Waals surface area contributed by atoms with E-state index in [0.717, 1.165) is 41.1 Å². The highest BCUT2D eigenvalue weighted by Gasteiger charge is 2.31. The molecule has 1 saturated heterocycles. The van der Waals surface area contributed by atoms with Crippen LogP contribution in [-0.4, -0.2) is 28.7 Å². The van der Waals surface area contributed by atoms with Crippen LogP contribution >= 0.6 is 27.5 Å². The fourth-order valence-corrected chi connectivity index (χ4v) is 2.80. The van der Waals surface area contributed by atoms with E-state index in [0.29, 0.717) is 0 Å². The van der Waals surface area contributed by atoms with Gasteiger partial charge in [-0.2, -0.15) is 0 Å². The molecule has 1 aromatic carbocycles. The summed E-state index contributed by atoms with van der Waals surface area (Å²) in [5.41, 5.74) is 0.574. The van der Waals surface area contributed by atoms with Crippen molar-refractivity contribution in [1.29, 1.82) is 0 Å². The fourth-order valence-electron chi connectivity index (χ4n) is 2.06. The molecule has 1 fully saturated rings. The lowest BCUT2D eigenvalue weighted by Gasteiger charge is -2.19. The van der Waals surface area contributed by atoms with Crippen LogP contribution in [-0.2, 0) is 6.54 Å². The maximum absolute atomic E-state index is 9.87. The van der Waals surface area contributed by atoms with Gasteiger partial charge in [-0.25, -0.2) is 0 Å². The lowest BCUT2D eigenvalue weighted by Crippen LogP contribution is -2.29. The first-order chi connectivity index (χ1) is 7.46. The second-order valence-electron chi connectivity index (χ2n) is 4.69. The molecule has 1 heterocycles. The Hall–Kier alpha value is -0.0900. The van der Waals surface area contributed by atoms with E-state index in [2.05, 4.69) is 20.8 Å². The van der Waals surface area contributed by atoms with Crippen LogP contribution in [0.2, 0.25) is 5.02 Å². The summed E-state index contributed by atoms with van der Waals surface area (Å²) in [7, 11) is 0. The molecule has 1 unspecified atom stereocenters. The third kappa shape index (κ3) is 2.98. The van der Waals surface area contributed by atoms with Crippen molar-refractivity contribution in [1.82, 2.24) is 4.90 Å². The number of hydrogen-bond donors (Lipinski definition) is 1. The first-order valence-corrected chi connectivity index (χ1v) is 6.52. The Labute approximate surface area is 109 Å². The largest absolute Gasteiger partial charge is 0.389 e. The normalized spacial score (nSPS) is 26.2. The van der Waals surface area contributed by atoms with Gasteiger partial charge in [-0.15, -0.1) is 0 Å². The average Bonchev–Trinajstić information content (AvgIpc) is 2.51. The highest BCUT2D eigenvalue weighted by atomic mass is 79.9. The van der Waals surface area contributed by atoms with Crippen molar-refractivity contribution in [2.75, 3.05) is 13.1 Å².